The minimum atomic E-state index is -3.78. The molecule has 1 N–H and O–H groups in total. The quantitative estimate of drug-likeness (QED) is 0.586. The van der Waals surface area contributed by atoms with Gasteiger partial charge in [0.25, 0.3) is 0 Å². The molecule has 0 fully saturated rings. The number of ether oxygens (including phenoxy) is 1. The van der Waals surface area contributed by atoms with Gasteiger partial charge < -0.3 is 15.0 Å². The number of carbonyl (C=O) groups is 2. The Morgan fingerprint density at radius 2 is 1.69 bits per heavy atom. The summed E-state index contributed by atoms with van der Waals surface area (Å²) in [4.78, 5) is 27.4. The summed E-state index contributed by atoms with van der Waals surface area (Å²) >= 11 is 0. The maximum absolute atomic E-state index is 13.4. The summed E-state index contributed by atoms with van der Waals surface area (Å²) in [5, 5.41) is 2.81. The first-order valence-electron chi connectivity index (χ1n) is 10.3. The fourth-order valence-corrected chi connectivity index (χ4v) is 3.99. The van der Waals surface area contributed by atoms with Gasteiger partial charge >= 0.3 is 0 Å². The molecule has 174 valence electrons. The van der Waals surface area contributed by atoms with Crippen molar-refractivity contribution in [2.24, 2.45) is 0 Å². The molecule has 2 rings (SSSR count). The molecule has 0 aliphatic rings. The van der Waals surface area contributed by atoms with Gasteiger partial charge in [-0.05, 0) is 38.5 Å². The van der Waals surface area contributed by atoms with Gasteiger partial charge in [0, 0.05) is 18.7 Å². The van der Waals surface area contributed by atoms with E-state index in [1.165, 1.54) is 12.0 Å². The minimum absolute atomic E-state index is 0.0945. The Morgan fingerprint density at radius 1 is 1.03 bits per heavy atom. The number of methoxy groups -OCH3 is 1. The zero-order valence-electron chi connectivity index (χ0n) is 19.1. The smallest absolute Gasteiger partial charge is 0.244 e. The summed E-state index contributed by atoms with van der Waals surface area (Å²) in [5.41, 5.74) is 1.14. The predicted molar refractivity (Wildman–Crippen MR) is 125 cm³/mol. The molecule has 32 heavy (non-hydrogen) atoms. The van der Waals surface area contributed by atoms with Crippen LogP contribution in [0.2, 0.25) is 0 Å². The van der Waals surface area contributed by atoms with Crippen molar-refractivity contribution in [3.63, 3.8) is 0 Å². The van der Waals surface area contributed by atoms with E-state index in [1.54, 1.807) is 31.2 Å². The van der Waals surface area contributed by atoms with E-state index < -0.39 is 28.5 Å². The monoisotopic (exact) mass is 461 g/mol. The molecule has 0 spiro atoms. The topological polar surface area (TPSA) is 96.0 Å². The van der Waals surface area contributed by atoms with Crippen molar-refractivity contribution in [2.45, 2.75) is 39.4 Å². The highest BCUT2D eigenvalue weighted by Crippen LogP contribution is 2.23. The Hall–Kier alpha value is -3.07. The second kappa shape index (κ2) is 11.0. The number of carbonyl (C=O) groups excluding carboxylic acids is 2. The minimum Gasteiger partial charge on any atom is -0.497 e. The van der Waals surface area contributed by atoms with Crippen LogP contribution in [0.4, 0.5) is 5.69 Å². The molecule has 0 heterocycles. The molecule has 8 nitrogen and oxygen atoms in total. The average Bonchev–Trinajstić information content (AvgIpc) is 2.74. The maximum atomic E-state index is 13.4. The van der Waals surface area contributed by atoms with Crippen LogP contribution in [0.25, 0.3) is 0 Å². The molecule has 0 radical (unpaired) electrons. The van der Waals surface area contributed by atoms with E-state index in [4.69, 9.17) is 4.74 Å². The zero-order valence-corrected chi connectivity index (χ0v) is 19.9. The molecule has 2 aromatic carbocycles. The summed E-state index contributed by atoms with van der Waals surface area (Å²) in [6, 6.07) is 14.8. The molecule has 0 aromatic heterocycles. The predicted octanol–water partition coefficient (Wildman–Crippen LogP) is 2.40. The molecule has 0 saturated carbocycles. The van der Waals surface area contributed by atoms with Gasteiger partial charge in [-0.15, -0.1) is 0 Å². The number of rotatable bonds is 10. The first-order valence-corrected chi connectivity index (χ1v) is 12.1. The number of nitrogens with zero attached hydrogens (tertiary/aromatic N) is 2. The molecule has 0 saturated heterocycles. The lowest BCUT2D eigenvalue weighted by molar-refractivity contribution is -0.139. The van der Waals surface area contributed by atoms with E-state index in [0.717, 1.165) is 16.1 Å². The fourth-order valence-electron chi connectivity index (χ4n) is 3.15. The van der Waals surface area contributed by atoms with Crippen LogP contribution in [0.5, 0.6) is 5.75 Å². The third kappa shape index (κ3) is 6.98. The summed E-state index contributed by atoms with van der Waals surface area (Å²) in [6.45, 7) is 5.03. The van der Waals surface area contributed by atoms with Gasteiger partial charge in [0.2, 0.25) is 21.8 Å². The van der Waals surface area contributed by atoms with Crippen LogP contribution in [0, 0.1) is 0 Å². The van der Waals surface area contributed by atoms with Gasteiger partial charge in [0.15, 0.2) is 0 Å². The number of amides is 2. The van der Waals surface area contributed by atoms with Crippen molar-refractivity contribution in [2.75, 3.05) is 24.2 Å². The average molecular weight is 462 g/mol. The SMILES string of the molecule is COc1cccc(N(CC(=O)N(Cc2ccccc2)[C@H](C)C(=O)NC(C)C)S(C)(=O)=O)c1. The lowest BCUT2D eigenvalue weighted by atomic mass is 10.1. The number of hydrogen-bond donors (Lipinski definition) is 1. The number of benzene rings is 2. The first-order chi connectivity index (χ1) is 15.0. The van der Waals surface area contributed by atoms with E-state index in [9.17, 15) is 18.0 Å². The van der Waals surface area contributed by atoms with Gasteiger partial charge in [0.1, 0.15) is 18.3 Å². The van der Waals surface area contributed by atoms with Crippen LogP contribution in [0.1, 0.15) is 26.3 Å². The summed E-state index contributed by atoms with van der Waals surface area (Å²) in [5.74, 6) is -0.334. The van der Waals surface area contributed by atoms with Crippen LogP contribution < -0.4 is 14.4 Å². The normalized spacial score (nSPS) is 12.2. The molecule has 2 amide bonds. The fraction of sp³-hybridized carbons (Fsp3) is 0.391. The third-order valence-electron chi connectivity index (χ3n) is 4.81. The highest BCUT2D eigenvalue weighted by Gasteiger charge is 2.30. The van der Waals surface area contributed by atoms with Gasteiger partial charge in [-0.2, -0.15) is 0 Å². The molecule has 0 aliphatic heterocycles. The van der Waals surface area contributed by atoms with E-state index in [1.807, 2.05) is 44.2 Å². The van der Waals surface area contributed by atoms with Gasteiger partial charge in [0.05, 0.1) is 19.1 Å². The summed E-state index contributed by atoms with van der Waals surface area (Å²) in [6.07, 6.45) is 1.04. The molecule has 2 aromatic rings. The number of nitrogens with one attached hydrogen (secondary N) is 1. The summed E-state index contributed by atoms with van der Waals surface area (Å²) in [7, 11) is -2.30. The van der Waals surface area contributed by atoms with E-state index in [2.05, 4.69) is 5.32 Å². The molecule has 0 bridgehead atoms. The largest absolute Gasteiger partial charge is 0.497 e. The number of hydrogen-bond acceptors (Lipinski definition) is 5. The molecule has 0 aliphatic carbocycles. The Kier molecular flexibility index (Phi) is 8.65. The molecular formula is C23H31N3O5S. The second-order valence-corrected chi connectivity index (χ2v) is 9.72. The second-order valence-electron chi connectivity index (χ2n) is 7.82. The third-order valence-corrected chi connectivity index (χ3v) is 5.96. The first kappa shape index (κ1) is 25.2. The van der Waals surface area contributed by atoms with Crippen molar-refractivity contribution in [1.82, 2.24) is 10.2 Å². The van der Waals surface area contributed by atoms with Crippen LogP contribution in [0.3, 0.4) is 0 Å². The van der Waals surface area contributed by atoms with Crippen LogP contribution >= 0.6 is 0 Å². The maximum Gasteiger partial charge on any atom is 0.244 e. The van der Waals surface area contributed by atoms with E-state index in [0.29, 0.717) is 11.4 Å². The highest BCUT2D eigenvalue weighted by molar-refractivity contribution is 7.92. The molecule has 9 heteroatoms. The van der Waals surface area contributed by atoms with Gasteiger partial charge in [-0.3, -0.25) is 13.9 Å². The van der Waals surface area contributed by atoms with Gasteiger partial charge in [-0.25, -0.2) is 8.42 Å². The van der Waals surface area contributed by atoms with Crippen molar-refractivity contribution < 1.29 is 22.7 Å². The number of sulfonamides is 1. The Morgan fingerprint density at radius 3 is 2.25 bits per heavy atom. The molecule has 0 unspecified atom stereocenters. The zero-order chi connectivity index (χ0) is 23.9. The Balaban J connectivity index is 2.37. The van der Waals surface area contributed by atoms with Crippen molar-refractivity contribution in [1.29, 1.82) is 0 Å². The molecular weight excluding hydrogens is 430 g/mol. The van der Waals surface area contributed by atoms with Crippen LogP contribution in [-0.4, -0.2) is 57.1 Å². The lowest BCUT2D eigenvalue weighted by Crippen LogP contribution is -2.52. The Labute approximate surface area is 190 Å². The van der Waals surface area contributed by atoms with Gasteiger partial charge in [-0.1, -0.05) is 36.4 Å². The molecule has 1 atom stereocenters. The highest BCUT2D eigenvalue weighted by atomic mass is 32.2. The number of anilines is 1. The Bertz CT molecular complexity index is 1020. The summed E-state index contributed by atoms with van der Waals surface area (Å²) < 4.78 is 31.3. The van der Waals surface area contributed by atoms with Crippen LogP contribution in [0.15, 0.2) is 54.6 Å². The van der Waals surface area contributed by atoms with E-state index in [-0.39, 0.29) is 18.5 Å². The van der Waals surface area contributed by atoms with Crippen molar-refractivity contribution >= 4 is 27.5 Å². The van der Waals surface area contributed by atoms with Crippen molar-refractivity contribution in [3.05, 3.63) is 60.2 Å². The van der Waals surface area contributed by atoms with Crippen molar-refractivity contribution in [3.8, 4) is 5.75 Å². The van der Waals surface area contributed by atoms with E-state index >= 15 is 0 Å². The van der Waals surface area contributed by atoms with Crippen LogP contribution in [-0.2, 0) is 26.2 Å². The lowest BCUT2D eigenvalue weighted by Gasteiger charge is -2.32. The standard InChI is InChI=1S/C23H31N3O5S/c1-17(2)24-23(28)18(3)25(15-19-10-7-6-8-11-19)22(27)16-26(32(5,29)30)20-12-9-13-21(14-20)31-4/h6-14,17-18H,15-16H2,1-5H3,(H,24,28)/t18-/m1/s1.